The molecule has 2 aliphatic rings. The molecule has 0 aromatic carbocycles. The third-order valence-electron chi connectivity index (χ3n) is 2.85. The molecule has 0 aromatic rings. The fourth-order valence-corrected chi connectivity index (χ4v) is 1.91. The van der Waals surface area contributed by atoms with Crippen molar-refractivity contribution < 1.29 is 9.53 Å². The molecule has 4 nitrogen and oxygen atoms in total. The van der Waals surface area contributed by atoms with Crippen molar-refractivity contribution in [2.24, 2.45) is 11.7 Å². The minimum absolute atomic E-state index is 0.202. The van der Waals surface area contributed by atoms with E-state index in [2.05, 4.69) is 0 Å². The smallest absolute Gasteiger partial charge is 0.225 e. The van der Waals surface area contributed by atoms with Gasteiger partial charge in [-0.2, -0.15) is 0 Å². The van der Waals surface area contributed by atoms with E-state index in [1.807, 2.05) is 4.90 Å². The fourth-order valence-electron chi connectivity index (χ4n) is 1.91. The molecule has 0 aromatic heterocycles. The number of carbonyl (C=O) groups is 1. The Morgan fingerprint density at radius 1 is 1.31 bits per heavy atom. The Labute approximate surface area is 78.0 Å². The second-order valence-electron chi connectivity index (χ2n) is 3.87. The summed E-state index contributed by atoms with van der Waals surface area (Å²) in [5.41, 5.74) is 5.64. The van der Waals surface area contributed by atoms with E-state index in [1.54, 1.807) is 0 Å². The summed E-state index contributed by atoms with van der Waals surface area (Å²) in [5, 5.41) is 0. The number of nitrogens with zero attached hydrogens (tertiary/aromatic N) is 1. The van der Waals surface area contributed by atoms with Crippen LogP contribution in [0.15, 0.2) is 0 Å². The Kier molecular flexibility index (Phi) is 2.51. The lowest BCUT2D eigenvalue weighted by atomic mass is 9.80. The van der Waals surface area contributed by atoms with Crippen molar-refractivity contribution in [3.63, 3.8) is 0 Å². The topological polar surface area (TPSA) is 55.6 Å². The zero-order chi connectivity index (χ0) is 9.26. The van der Waals surface area contributed by atoms with Gasteiger partial charge in [0.05, 0.1) is 13.2 Å². The Balaban J connectivity index is 1.82. The van der Waals surface area contributed by atoms with Crippen LogP contribution in [0.5, 0.6) is 0 Å². The number of ether oxygens (including phenoxy) is 1. The number of morpholine rings is 1. The first kappa shape index (κ1) is 8.97. The number of carbonyl (C=O) groups excluding carboxylic acids is 1. The molecule has 1 aliphatic heterocycles. The molecule has 1 amide bonds. The van der Waals surface area contributed by atoms with Gasteiger partial charge in [-0.25, -0.2) is 0 Å². The van der Waals surface area contributed by atoms with Crippen molar-refractivity contribution in [1.82, 2.24) is 4.90 Å². The van der Waals surface area contributed by atoms with E-state index in [-0.39, 0.29) is 17.9 Å². The first-order chi connectivity index (χ1) is 6.27. The summed E-state index contributed by atoms with van der Waals surface area (Å²) in [4.78, 5) is 13.6. The number of hydrogen-bond donors (Lipinski definition) is 1. The summed E-state index contributed by atoms with van der Waals surface area (Å²) in [6.07, 6.45) is 1.74. The second kappa shape index (κ2) is 3.64. The van der Waals surface area contributed by atoms with E-state index in [0.717, 1.165) is 25.9 Å². The maximum atomic E-state index is 11.7. The van der Waals surface area contributed by atoms with Crippen molar-refractivity contribution >= 4 is 5.91 Å². The maximum Gasteiger partial charge on any atom is 0.225 e. The Morgan fingerprint density at radius 2 is 1.92 bits per heavy atom. The second-order valence-corrected chi connectivity index (χ2v) is 3.87. The van der Waals surface area contributed by atoms with Crippen LogP contribution in [0.25, 0.3) is 0 Å². The summed E-state index contributed by atoms with van der Waals surface area (Å²) < 4.78 is 5.18. The van der Waals surface area contributed by atoms with Crippen LogP contribution in [-0.2, 0) is 9.53 Å². The predicted octanol–water partition coefficient (Wildman–Crippen LogP) is -0.418. The molecule has 0 bridgehead atoms. The number of hydrogen-bond acceptors (Lipinski definition) is 3. The summed E-state index contributed by atoms with van der Waals surface area (Å²) in [7, 11) is 0. The van der Waals surface area contributed by atoms with Crippen LogP contribution in [0.3, 0.4) is 0 Å². The minimum atomic E-state index is 0.202. The van der Waals surface area contributed by atoms with Crippen LogP contribution >= 0.6 is 0 Å². The van der Waals surface area contributed by atoms with Crippen molar-refractivity contribution in [1.29, 1.82) is 0 Å². The lowest BCUT2D eigenvalue weighted by molar-refractivity contribution is -0.142. The SMILES string of the molecule is NC1CC(C(=O)N2CCOCC2)C1. The third kappa shape index (κ3) is 1.84. The van der Waals surface area contributed by atoms with Gasteiger partial charge >= 0.3 is 0 Å². The van der Waals surface area contributed by atoms with Crippen molar-refractivity contribution in [3.05, 3.63) is 0 Å². The molecule has 0 atom stereocenters. The highest BCUT2D eigenvalue weighted by Crippen LogP contribution is 2.27. The highest BCUT2D eigenvalue weighted by Gasteiger charge is 2.35. The fraction of sp³-hybridized carbons (Fsp3) is 0.889. The van der Waals surface area contributed by atoms with E-state index >= 15 is 0 Å². The predicted molar refractivity (Wildman–Crippen MR) is 48.1 cm³/mol. The molecular formula is C9H16N2O2. The van der Waals surface area contributed by atoms with Gasteiger partial charge in [-0.15, -0.1) is 0 Å². The van der Waals surface area contributed by atoms with Crippen LogP contribution in [0.4, 0.5) is 0 Å². The normalized spacial score (nSPS) is 34.1. The summed E-state index contributed by atoms with van der Waals surface area (Å²) >= 11 is 0. The molecule has 2 rings (SSSR count). The van der Waals surface area contributed by atoms with E-state index < -0.39 is 0 Å². The van der Waals surface area contributed by atoms with Crippen LogP contribution < -0.4 is 5.73 Å². The van der Waals surface area contributed by atoms with Crippen LogP contribution in [-0.4, -0.2) is 43.2 Å². The largest absolute Gasteiger partial charge is 0.378 e. The molecule has 2 fully saturated rings. The molecule has 1 aliphatic carbocycles. The lowest BCUT2D eigenvalue weighted by Crippen LogP contribution is -2.49. The van der Waals surface area contributed by atoms with Gasteiger partial charge < -0.3 is 15.4 Å². The van der Waals surface area contributed by atoms with Gasteiger partial charge in [-0.3, -0.25) is 4.79 Å². The Hall–Kier alpha value is -0.610. The molecular weight excluding hydrogens is 168 g/mol. The lowest BCUT2D eigenvalue weighted by Gasteiger charge is -2.37. The molecule has 0 spiro atoms. The monoisotopic (exact) mass is 184 g/mol. The molecule has 74 valence electrons. The Morgan fingerprint density at radius 3 is 2.46 bits per heavy atom. The van der Waals surface area contributed by atoms with E-state index in [0.29, 0.717) is 13.2 Å². The third-order valence-corrected chi connectivity index (χ3v) is 2.85. The quantitative estimate of drug-likeness (QED) is 0.602. The highest BCUT2D eigenvalue weighted by atomic mass is 16.5. The Bertz CT molecular complexity index is 196. The van der Waals surface area contributed by atoms with Gasteiger partial charge in [0, 0.05) is 25.0 Å². The van der Waals surface area contributed by atoms with Crippen molar-refractivity contribution in [2.75, 3.05) is 26.3 Å². The molecule has 1 saturated carbocycles. The zero-order valence-electron chi connectivity index (χ0n) is 7.74. The first-order valence-electron chi connectivity index (χ1n) is 4.89. The summed E-state index contributed by atoms with van der Waals surface area (Å²) in [6, 6.07) is 0.259. The molecule has 0 radical (unpaired) electrons. The van der Waals surface area contributed by atoms with Gasteiger partial charge in [0.15, 0.2) is 0 Å². The highest BCUT2D eigenvalue weighted by molar-refractivity contribution is 5.80. The standard InChI is InChI=1S/C9H16N2O2/c10-8-5-7(6-8)9(12)11-1-3-13-4-2-11/h7-8H,1-6,10H2. The van der Waals surface area contributed by atoms with E-state index in [4.69, 9.17) is 10.5 Å². The van der Waals surface area contributed by atoms with Crippen LogP contribution in [0.2, 0.25) is 0 Å². The molecule has 13 heavy (non-hydrogen) atoms. The molecule has 1 saturated heterocycles. The van der Waals surface area contributed by atoms with E-state index in [1.165, 1.54) is 0 Å². The molecule has 1 heterocycles. The average Bonchev–Trinajstić information content (AvgIpc) is 2.13. The molecule has 0 unspecified atom stereocenters. The number of amides is 1. The molecule has 4 heteroatoms. The average molecular weight is 184 g/mol. The zero-order valence-corrected chi connectivity index (χ0v) is 7.74. The van der Waals surface area contributed by atoms with Gasteiger partial charge in [0.2, 0.25) is 5.91 Å². The summed E-state index contributed by atoms with van der Waals surface area (Å²) in [6.45, 7) is 2.88. The van der Waals surface area contributed by atoms with Crippen LogP contribution in [0, 0.1) is 5.92 Å². The van der Waals surface area contributed by atoms with E-state index in [9.17, 15) is 4.79 Å². The first-order valence-corrected chi connectivity index (χ1v) is 4.89. The summed E-state index contributed by atoms with van der Waals surface area (Å²) in [5.74, 6) is 0.484. The van der Waals surface area contributed by atoms with Crippen LogP contribution in [0.1, 0.15) is 12.8 Å². The van der Waals surface area contributed by atoms with Crippen molar-refractivity contribution in [3.8, 4) is 0 Å². The van der Waals surface area contributed by atoms with Gasteiger partial charge in [-0.1, -0.05) is 0 Å². The number of rotatable bonds is 1. The van der Waals surface area contributed by atoms with Gasteiger partial charge in [-0.05, 0) is 12.8 Å². The number of nitrogens with two attached hydrogens (primary N) is 1. The molecule has 2 N–H and O–H groups in total. The maximum absolute atomic E-state index is 11.7. The van der Waals surface area contributed by atoms with Gasteiger partial charge in [0.1, 0.15) is 0 Å². The van der Waals surface area contributed by atoms with Crippen molar-refractivity contribution in [2.45, 2.75) is 18.9 Å². The minimum Gasteiger partial charge on any atom is -0.378 e. The van der Waals surface area contributed by atoms with Gasteiger partial charge in [0.25, 0.3) is 0 Å².